The van der Waals surface area contributed by atoms with E-state index in [1.807, 2.05) is 6.07 Å². The molecule has 1 aliphatic heterocycles. The summed E-state index contributed by atoms with van der Waals surface area (Å²) in [4.78, 5) is 13.1. The number of carboxylic acid groups (broad SMARTS) is 1. The van der Waals surface area contributed by atoms with E-state index < -0.39 is 5.97 Å². The van der Waals surface area contributed by atoms with Crippen LogP contribution >= 0.6 is 0 Å². The smallest absolute Gasteiger partial charge is 0.307 e. The molecule has 1 aliphatic rings. The Bertz CT molecular complexity index is 473. The van der Waals surface area contributed by atoms with Gasteiger partial charge in [0.2, 0.25) is 0 Å². The predicted molar refractivity (Wildman–Crippen MR) is 78.2 cm³/mol. The fourth-order valence-corrected chi connectivity index (χ4v) is 2.52. The number of carboxylic acids is 1. The first-order valence-electron chi connectivity index (χ1n) is 7.21. The quantitative estimate of drug-likeness (QED) is 0.812. The van der Waals surface area contributed by atoms with E-state index in [4.69, 9.17) is 9.84 Å². The van der Waals surface area contributed by atoms with Gasteiger partial charge in [0.1, 0.15) is 5.75 Å². The summed E-state index contributed by atoms with van der Waals surface area (Å²) in [5, 5.41) is 8.95. The van der Waals surface area contributed by atoms with Crippen molar-refractivity contribution in [3.8, 4) is 5.75 Å². The molecule has 2 rings (SSSR count). The monoisotopic (exact) mass is 277 g/mol. The summed E-state index contributed by atoms with van der Waals surface area (Å²) in [7, 11) is 0. The van der Waals surface area contributed by atoms with Crippen LogP contribution in [0, 0.1) is 19.8 Å². The maximum absolute atomic E-state index is 10.9. The zero-order valence-corrected chi connectivity index (χ0v) is 12.3. The predicted octanol–water partition coefficient (Wildman–Crippen LogP) is 2.48. The zero-order chi connectivity index (χ0) is 14.5. The van der Waals surface area contributed by atoms with Crippen LogP contribution in [0.2, 0.25) is 0 Å². The van der Waals surface area contributed by atoms with Crippen LogP contribution in [0.4, 0.5) is 0 Å². The molecule has 4 heteroatoms. The lowest BCUT2D eigenvalue weighted by Gasteiger charge is -2.15. The molecule has 1 fully saturated rings. The van der Waals surface area contributed by atoms with Crippen LogP contribution in [0.1, 0.15) is 24.0 Å². The molecular weight excluding hydrogens is 254 g/mol. The van der Waals surface area contributed by atoms with Gasteiger partial charge in [0, 0.05) is 13.1 Å². The van der Waals surface area contributed by atoms with Crippen LogP contribution in [-0.2, 0) is 4.79 Å². The van der Waals surface area contributed by atoms with Gasteiger partial charge in [-0.2, -0.15) is 0 Å². The number of benzene rings is 1. The van der Waals surface area contributed by atoms with Crippen LogP contribution in [0.5, 0.6) is 5.75 Å². The molecular formula is C16H23NO3. The fraction of sp³-hybridized carbons (Fsp3) is 0.562. The number of aliphatic carboxylic acids is 1. The van der Waals surface area contributed by atoms with E-state index in [1.165, 1.54) is 11.1 Å². The number of ether oxygens (including phenoxy) is 1. The second-order valence-electron chi connectivity index (χ2n) is 5.57. The summed E-state index contributed by atoms with van der Waals surface area (Å²) in [6.45, 7) is 7.33. The van der Waals surface area contributed by atoms with Gasteiger partial charge < -0.3 is 14.7 Å². The van der Waals surface area contributed by atoms with Crippen molar-refractivity contribution in [1.29, 1.82) is 0 Å². The maximum atomic E-state index is 10.9. The summed E-state index contributed by atoms with van der Waals surface area (Å²) < 4.78 is 5.73. The Kier molecular flexibility index (Phi) is 5.01. The minimum Gasteiger partial charge on any atom is -0.494 e. The van der Waals surface area contributed by atoms with E-state index in [9.17, 15) is 4.79 Å². The van der Waals surface area contributed by atoms with Crippen molar-refractivity contribution in [2.75, 3.05) is 26.2 Å². The normalized spacial score (nSPS) is 19.2. The third-order valence-electron chi connectivity index (χ3n) is 3.99. The minimum absolute atomic E-state index is 0.185. The van der Waals surface area contributed by atoms with Crippen molar-refractivity contribution in [3.05, 3.63) is 29.3 Å². The molecule has 1 aromatic carbocycles. The van der Waals surface area contributed by atoms with E-state index in [-0.39, 0.29) is 5.92 Å². The molecule has 1 saturated heterocycles. The van der Waals surface area contributed by atoms with Gasteiger partial charge in [0.15, 0.2) is 0 Å². The minimum atomic E-state index is -0.668. The van der Waals surface area contributed by atoms with E-state index in [0.717, 1.165) is 31.7 Å². The average Bonchev–Trinajstić information content (AvgIpc) is 2.88. The second kappa shape index (κ2) is 6.75. The molecule has 0 saturated carbocycles. The Morgan fingerprint density at radius 3 is 2.85 bits per heavy atom. The summed E-state index contributed by atoms with van der Waals surface area (Å²) in [6, 6.07) is 6.13. The molecule has 20 heavy (non-hydrogen) atoms. The molecule has 1 aromatic rings. The van der Waals surface area contributed by atoms with Crippen LogP contribution in [0.25, 0.3) is 0 Å². The third kappa shape index (κ3) is 3.97. The highest BCUT2D eigenvalue weighted by molar-refractivity contribution is 5.70. The van der Waals surface area contributed by atoms with Crippen LogP contribution in [-0.4, -0.2) is 42.2 Å². The Labute approximate surface area is 120 Å². The summed E-state index contributed by atoms with van der Waals surface area (Å²) in [6.07, 6.45) is 1.70. The molecule has 0 radical (unpaired) electrons. The lowest BCUT2D eigenvalue weighted by molar-refractivity contribution is -0.141. The molecule has 0 aliphatic carbocycles. The first-order chi connectivity index (χ1) is 9.56. The van der Waals surface area contributed by atoms with Gasteiger partial charge in [-0.05, 0) is 56.5 Å². The average molecular weight is 277 g/mol. The number of hydrogen-bond donors (Lipinski definition) is 1. The zero-order valence-electron chi connectivity index (χ0n) is 12.3. The van der Waals surface area contributed by atoms with Gasteiger partial charge in [-0.1, -0.05) is 6.07 Å². The molecule has 1 atom stereocenters. The lowest BCUT2D eigenvalue weighted by atomic mass is 10.1. The highest BCUT2D eigenvalue weighted by Gasteiger charge is 2.27. The summed E-state index contributed by atoms with van der Waals surface area (Å²) in [5.74, 6) is 0.0625. The standard InChI is InChI=1S/C16H23NO3/c1-12-4-5-15(10-13(12)2)20-9-3-7-17-8-6-14(11-17)16(18)19/h4-5,10,14H,3,6-9,11H2,1-2H3,(H,18,19)/t14-/m1/s1. The molecule has 0 unspecified atom stereocenters. The second-order valence-corrected chi connectivity index (χ2v) is 5.57. The number of aryl methyl sites for hydroxylation is 2. The van der Waals surface area contributed by atoms with Gasteiger partial charge in [0.25, 0.3) is 0 Å². The van der Waals surface area contributed by atoms with Crippen molar-refractivity contribution in [3.63, 3.8) is 0 Å². The van der Waals surface area contributed by atoms with Crippen molar-refractivity contribution < 1.29 is 14.6 Å². The molecule has 0 aromatic heterocycles. The Morgan fingerprint density at radius 2 is 2.20 bits per heavy atom. The van der Waals surface area contributed by atoms with Gasteiger partial charge >= 0.3 is 5.97 Å². The van der Waals surface area contributed by atoms with E-state index in [2.05, 4.69) is 30.9 Å². The Hall–Kier alpha value is -1.55. The highest BCUT2D eigenvalue weighted by Crippen LogP contribution is 2.18. The fourth-order valence-electron chi connectivity index (χ4n) is 2.52. The molecule has 0 amide bonds. The van der Waals surface area contributed by atoms with E-state index in [0.29, 0.717) is 13.2 Å². The number of carbonyl (C=O) groups is 1. The first-order valence-corrected chi connectivity index (χ1v) is 7.21. The molecule has 0 spiro atoms. The number of likely N-dealkylation sites (tertiary alicyclic amines) is 1. The van der Waals surface area contributed by atoms with Gasteiger partial charge in [0.05, 0.1) is 12.5 Å². The Morgan fingerprint density at radius 1 is 1.40 bits per heavy atom. The largest absolute Gasteiger partial charge is 0.494 e. The lowest BCUT2D eigenvalue weighted by Crippen LogP contribution is -2.25. The topological polar surface area (TPSA) is 49.8 Å². The SMILES string of the molecule is Cc1ccc(OCCCN2CC[C@@H](C(=O)O)C2)cc1C. The van der Waals surface area contributed by atoms with Gasteiger partial charge in [-0.15, -0.1) is 0 Å². The molecule has 1 N–H and O–H groups in total. The molecule has 0 bridgehead atoms. The van der Waals surface area contributed by atoms with Gasteiger partial charge in [-0.3, -0.25) is 4.79 Å². The van der Waals surface area contributed by atoms with Crippen molar-refractivity contribution >= 4 is 5.97 Å². The van der Waals surface area contributed by atoms with E-state index >= 15 is 0 Å². The van der Waals surface area contributed by atoms with Crippen LogP contribution in [0.3, 0.4) is 0 Å². The molecule has 1 heterocycles. The Balaban J connectivity index is 1.67. The summed E-state index contributed by atoms with van der Waals surface area (Å²) >= 11 is 0. The van der Waals surface area contributed by atoms with Crippen molar-refractivity contribution in [2.45, 2.75) is 26.7 Å². The number of rotatable bonds is 6. The highest BCUT2D eigenvalue weighted by atomic mass is 16.5. The number of nitrogens with zero attached hydrogens (tertiary/aromatic N) is 1. The number of hydrogen-bond acceptors (Lipinski definition) is 3. The van der Waals surface area contributed by atoms with Crippen LogP contribution < -0.4 is 4.74 Å². The van der Waals surface area contributed by atoms with Crippen molar-refractivity contribution in [2.24, 2.45) is 5.92 Å². The maximum Gasteiger partial charge on any atom is 0.307 e. The van der Waals surface area contributed by atoms with Crippen molar-refractivity contribution in [1.82, 2.24) is 4.90 Å². The molecule has 4 nitrogen and oxygen atoms in total. The first kappa shape index (κ1) is 14.9. The van der Waals surface area contributed by atoms with Crippen LogP contribution in [0.15, 0.2) is 18.2 Å². The third-order valence-corrected chi connectivity index (χ3v) is 3.99. The van der Waals surface area contributed by atoms with E-state index in [1.54, 1.807) is 0 Å². The summed E-state index contributed by atoms with van der Waals surface area (Å²) in [5.41, 5.74) is 2.51. The van der Waals surface area contributed by atoms with Gasteiger partial charge in [-0.25, -0.2) is 0 Å². The molecule has 110 valence electrons.